The normalized spacial score (nSPS) is 23.6. The lowest BCUT2D eigenvalue weighted by atomic mass is 9.96. The molecule has 0 saturated carbocycles. The van der Waals surface area contributed by atoms with Crippen molar-refractivity contribution in [2.75, 3.05) is 26.2 Å². The minimum atomic E-state index is -4.79. The van der Waals surface area contributed by atoms with E-state index in [9.17, 15) is 26.4 Å². The third kappa shape index (κ3) is 3.88. The van der Waals surface area contributed by atoms with Crippen molar-refractivity contribution >= 4 is 16.2 Å². The van der Waals surface area contributed by atoms with Crippen molar-refractivity contribution in [3.63, 3.8) is 0 Å². The number of hydrogen-bond acceptors (Lipinski definition) is 4. The van der Waals surface area contributed by atoms with Gasteiger partial charge >= 0.3 is 12.1 Å². The highest BCUT2D eigenvalue weighted by Crippen LogP contribution is 2.39. The van der Waals surface area contributed by atoms with Gasteiger partial charge in [-0.3, -0.25) is 4.79 Å². The third-order valence-electron chi connectivity index (χ3n) is 3.50. The molecule has 0 aliphatic carbocycles. The van der Waals surface area contributed by atoms with Gasteiger partial charge in [-0.05, 0) is 0 Å². The molecule has 1 fully saturated rings. The van der Waals surface area contributed by atoms with Crippen molar-refractivity contribution in [3.05, 3.63) is 0 Å². The molecular formula is C11H16F3N3O4S. The monoisotopic (exact) mass is 343 g/mol. The highest BCUT2D eigenvalue weighted by Gasteiger charge is 2.55. The van der Waals surface area contributed by atoms with E-state index < -0.39 is 47.3 Å². The second-order valence-electron chi connectivity index (χ2n) is 4.82. The van der Waals surface area contributed by atoms with Crippen LogP contribution in [-0.4, -0.2) is 60.5 Å². The number of hydrogen-bond donors (Lipinski definition) is 1. The summed E-state index contributed by atoms with van der Waals surface area (Å²) in [6.45, 7) is -0.340. The zero-order chi connectivity index (χ0) is 17.1. The molecule has 0 aromatic heterocycles. The molecule has 0 radical (unpaired) electrons. The Morgan fingerprint density at radius 3 is 2.41 bits per heavy atom. The summed E-state index contributed by atoms with van der Waals surface area (Å²) in [5.41, 5.74) is 0. The van der Waals surface area contributed by atoms with Gasteiger partial charge in [0.2, 0.25) is 0 Å². The Labute approximate surface area is 126 Å². The fourth-order valence-corrected chi connectivity index (χ4v) is 3.99. The minimum absolute atomic E-state index is 0.0189. The number of carboxylic acids is 1. The van der Waals surface area contributed by atoms with Gasteiger partial charge < -0.3 is 5.11 Å². The van der Waals surface area contributed by atoms with Crippen molar-refractivity contribution in [2.45, 2.75) is 19.5 Å². The van der Waals surface area contributed by atoms with Crippen molar-refractivity contribution in [3.8, 4) is 6.07 Å². The molecule has 22 heavy (non-hydrogen) atoms. The maximum atomic E-state index is 12.9. The van der Waals surface area contributed by atoms with E-state index in [1.165, 1.54) is 6.92 Å². The van der Waals surface area contributed by atoms with Crippen LogP contribution in [0, 0.1) is 23.2 Å². The topological polar surface area (TPSA) is 102 Å². The van der Waals surface area contributed by atoms with Gasteiger partial charge in [-0.2, -0.15) is 35.5 Å². The predicted octanol–water partition coefficient (Wildman–Crippen LogP) is 0.662. The van der Waals surface area contributed by atoms with Crippen molar-refractivity contribution in [2.24, 2.45) is 11.8 Å². The molecule has 1 aliphatic heterocycles. The number of rotatable bonds is 6. The molecule has 0 bridgehead atoms. The van der Waals surface area contributed by atoms with Gasteiger partial charge in [0, 0.05) is 32.6 Å². The molecule has 11 heteroatoms. The van der Waals surface area contributed by atoms with Gasteiger partial charge in [0.05, 0.1) is 17.9 Å². The fourth-order valence-electron chi connectivity index (χ4n) is 2.31. The van der Waals surface area contributed by atoms with Crippen LogP contribution in [0.2, 0.25) is 0 Å². The average Bonchev–Trinajstić information content (AvgIpc) is 2.85. The first kappa shape index (κ1) is 18.7. The van der Waals surface area contributed by atoms with Crippen molar-refractivity contribution in [1.29, 1.82) is 5.26 Å². The molecular weight excluding hydrogens is 327 g/mol. The van der Waals surface area contributed by atoms with Gasteiger partial charge in [0.25, 0.3) is 10.2 Å². The van der Waals surface area contributed by atoms with Crippen LogP contribution < -0.4 is 0 Å². The lowest BCUT2D eigenvalue weighted by Crippen LogP contribution is -2.43. The van der Waals surface area contributed by atoms with E-state index in [4.69, 9.17) is 10.4 Å². The van der Waals surface area contributed by atoms with E-state index in [1.807, 2.05) is 0 Å². The van der Waals surface area contributed by atoms with E-state index in [1.54, 1.807) is 6.07 Å². The standard InChI is InChI=1S/C11H16F3N3O4S/c1-2-16(5-3-4-15)22(20,21)17-6-8(10(18)19)9(7-17)11(12,13)14/h8-9H,2-3,5-7H2,1H3,(H,18,19)/t8-,9-/m1/s1. The Hall–Kier alpha value is -1.38. The number of carbonyl (C=O) groups is 1. The number of carboxylic acid groups (broad SMARTS) is 1. The summed E-state index contributed by atoms with van der Waals surface area (Å²) in [7, 11) is -4.23. The Morgan fingerprint density at radius 2 is 2.05 bits per heavy atom. The summed E-state index contributed by atoms with van der Waals surface area (Å²) < 4.78 is 64.6. The Kier molecular flexibility index (Phi) is 5.77. The number of aliphatic carboxylic acids is 1. The first-order valence-electron chi connectivity index (χ1n) is 6.47. The molecule has 0 aromatic rings. The molecule has 1 saturated heterocycles. The van der Waals surface area contributed by atoms with E-state index in [-0.39, 0.29) is 19.5 Å². The van der Waals surface area contributed by atoms with E-state index in [2.05, 4.69) is 0 Å². The van der Waals surface area contributed by atoms with Gasteiger partial charge in [0.15, 0.2) is 0 Å². The Balaban J connectivity index is 3.02. The first-order valence-corrected chi connectivity index (χ1v) is 7.87. The molecule has 7 nitrogen and oxygen atoms in total. The van der Waals surface area contributed by atoms with Crippen molar-refractivity contribution in [1.82, 2.24) is 8.61 Å². The maximum absolute atomic E-state index is 12.9. The average molecular weight is 343 g/mol. The Morgan fingerprint density at radius 1 is 1.45 bits per heavy atom. The molecule has 1 heterocycles. The molecule has 126 valence electrons. The predicted molar refractivity (Wildman–Crippen MR) is 68.6 cm³/mol. The van der Waals surface area contributed by atoms with Gasteiger partial charge in [-0.1, -0.05) is 6.92 Å². The van der Waals surface area contributed by atoms with Crippen LogP contribution >= 0.6 is 0 Å². The van der Waals surface area contributed by atoms with Crippen LogP contribution in [-0.2, 0) is 15.0 Å². The number of halogens is 3. The van der Waals surface area contributed by atoms with Crippen LogP contribution in [0.3, 0.4) is 0 Å². The molecule has 0 aromatic carbocycles. The summed E-state index contributed by atoms with van der Waals surface area (Å²) >= 11 is 0. The SMILES string of the molecule is CCN(CCC#N)S(=O)(=O)N1C[C@@H](C(F)(F)F)[C@H](C(=O)O)C1. The number of nitriles is 1. The van der Waals surface area contributed by atoms with Crippen LogP contribution in [0.25, 0.3) is 0 Å². The maximum Gasteiger partial charge on any atom is 0.393 e. The van der Waals surface area contributed by atoms with Crippen LogP contribution in [0.1, 0.15) is 13.3 Å². The summed E-state index contributed by atoms with van der Waals surface area (Å²) in [4.78, 5) is 11.0. The highest BCUT2D eigenvalue weighted by molar-refractivity contribution is 7.86. The van der Waals surface area contributed by atoms with Gasteiger partial charge in [-0.25, -0.2) is 0 Å². The summed E-state index contributed by atoms with van der Waals surface area (Å²) in [5, 5.41) is 17.4. The number of nitrogens with zero attached hydrogens (tertiary/aromatic N) is 3. The largest absolute Gasteiger partial charge is 0.481 e. The molecule has 0 unspecified atom stereocenters. The first-order chi connectivity index (χ1) is 10.1. The van der Waals surface area contributed by atoms with E-state index in [0.29, 0.717) is 4.31 Å². The molecule has 1 rings (SSSR count). The molecule has 0 amide bonds. The lowest BCUT2D eigenvalue weighted by molar-refractivity contribution is -0.187. The molecule has 0 spiro atoms. The van der Waals surface area contributed by atoms with Crippen LogP contribution in [0.15, 0.2) is 0 Å². The quantitative estimate of drug-likeness (QED) is 0.763. The van der Waals surface area contributed by atoms with Crippen LogP contribution in [0.4, 0.5) is 13.2 Å². The fraction of sp³-hybridized carbons (Fsp3) is 0.818. The van der Waals surface area contributed by atoms with Gasteiger partial charge in [-0.15, -0.1) is 0 Å². The third-order valence-corrected chi connectivity index (χ3v) is 5.55. The summed E-state index contributed by atoms with van der Waals surface area (Å²) in [6.07, 6.45) is -4.90. The second kappa shape index (κ2) is 6.80. The highest BCUT2D eigenvalue weighted by atomic mass is 32.2. The zero-order valence-electron chi connectivity index (χ0n) is 11.7. The van der Waals surface area contributed by atoms with Gasteiger partial charge in [0.1, 0.15) is 0 Å². The summed E-state index contributed by atoms with van der Waals surface area (Å²) in [6, 6.07) is 1.76. The zero-order valence-corrected chi connectivity index (χ0v) is 12.6. The molecule has 1 aliphatic rings. The molecule has 2 atom stereocenters. The Bertz CT molecular complexity index is 558. The van der Waals surface area contributed by atoms with Crippen molar-refractivity contribution < 1.29 is 31.5 Å². The van der Waals surface area contributed by atoms with Crippen LogP contribution in [0.5, 0.6) is 0 Å². The number of alkyl halides is 3. The minimum Gasteiger partial charge on any atom is -0.481 e. The summed E-state index contributed by atoms with van der Waals surface area (Å²) in [5.74, 6) is -5.75. The van der Waals surface area contributed by atoms with E-state index in [0.717, 1.165) is 4.31 Å². The lowest BCUT2D eigenvalue weighted by Gasteiger charge is -2.25. The second-order valence-corrected chi connectivity index (χ2v) is 6.75. The van der Waals surface area contributed by atoms with E-state index >= 15 is 0 Å². The molecule has 1 N–H and O–H groups in total. The smallest absolute Gasteiger partial charge is 0.393 e.